The number of hydrogen-bond acceptors (Lipinski definition) is 4. The molecule has 0 fully saturated rings. The van der Waals surface area contributed by atoms with Crippen molar-refractivity contribution in [2.75, 3.05) is 23.8 Å². The van der Waals surface area contributed by atoms with Gasteiger partial charge in [0.15, 0.2) is 0 Å². The largest absolute Gasteiger partial charge is 0.462 e. The van der Waals surface area contributed by atoms with Gasteiger partial charge in [-0.15, -0.1) is 0 Å². The molecule has 3 aromatic rings. The van der Waals surface area contributed by atoms with Crippen molar-refractivity contribution >= 4 is 29.3 Å². The summed E-state index contributed by atoms with van der Waals surface area (Å²) in [7, 11) is 0. The van der Waals surface area contributed by atoms with Crippen molar-refractivity contribution in [3.8, 4) is 0 Å². The first-order valence-electron chi connectivity index (χ1n) is 12.2. The Balaban J connectivity index is 1.69. The number of nitrogens with one attached hydrogen (secondary N) is 2. The SMILES string of the molecule is CCOC(=O)c1ccc(NC(=O)N(CCC(=O)Nc2ccc(CC)cc2)C(C)c2ccccc2)cc1. The lowest BCUT2D eigenvalue weighted by Crippen LogP contribution is -2.39. The predicted molar refractivity (Wildman–Crippen MR) is 142 cm³/mol. The predicted octanol–water partition coefficient (Wildman–Crippen LogP) is 6.05. The number of anilines is 2. The van der Waals surface area contributed by atoms with E-state index in [-0.39, 0.29) is 30.9 Å². The molecule has 0 heterocycles. The maximum Gasteiger partial charge on any atom is 0.338 e. The smallest absolute Gasteiger partial charge is 0.338 e. The molecule has 0 spiro atoms. The zero-order valence-corrected chi connectivity index (χ0v) is 21.0. The first-order valence-corrected chi connectivity index (χ1v) is 12.2. The van der Waals surface area contributed by atoms with Crippen molar-refractivity contribution in [2.24, 2.45) is 0 Å². The highest BCUT2D eigenvalue weighted by atomic mass is 16.5. The van der Waals surface area contributed by atoms with Crippen molar-refractivity contribution in [2.45, 2.75) is 39.7 Å². The van der Waals surface area contributed by atoms with Gasteiger partial charge in [0.2, 0.25) is 5.91 Å². The van der Waals surface area contributed by atoms with Crippen LogP contribution in [0, 0.1) is 0 Å². The van der Waals surface area contributed by atoms with E-state index in [1.54, 1.807) is 36.1 Å². The van der Waals surface area contributed by atoms with Crippen LogP contribution in [0.15, 0.2) is 78.9 Å². The summed E-state index contributed by atoms with van der Waals surface area (Å²) in [5, 5.41) is 5.78. The third kappa shape index (κ3) is 7.43. The molecule has 0 aliphatic heterocycles. The quantitative estimate of drug-likeness (QED) is 0.341. The number of carbonyl (C=O) groups excluding carboxylic acids is 3. The highest BCUT2D eigenvalue weighted by Crippen LogP contribution is 2.22. The van der Waals surface area contributed by atoms with Gasteiger partial charge in [0.05, 0.1) is 18.2 Å². The lowest BCUT2D eigenvalue weighted by atomic mass is 10.1. The van der Waals surface area contributed by atoms with Gasteiger partial charge in [-0.25, -0.2) is 9.59 Å². The van der Waals surface area contributed by atoms with Crippen LogP contribution in [0.3, 0.4) is 0 Å². The standard InChI is InChI=1S/C29H33N3O4/c1-4-22-11-15-25(16-12-22)30-27(33)19-20-32(21(3)23-9-7-6-8-10-23)29(35)31-26-17-13-24(14-18-26)28(34)36-5-2/h6-18,21H,4-5,19-20H2,1-3H3,(H,30,33)(H,31,35). The minimum atomic E-state index is -0.412. The maximum absolute atomic E-state index is 13.3. The molecule has 7 nitrogen and oxygen atoms in total. The lowest BCUT2D eigenvalue weighted by molar-refractivity contribution is -0.116. The summed E-state index contributed by atoms with van der Waals surface area (Å²) in [5.41, 5.74) is 3.83. The topological polar surface area (TPSA) is 87.7 Å². The van der Waals surface area contributed by atoms with Crippen LogP contribution in [0.4, 0.5) is 16.2 Å². The molecule has 2 N–H and O–H groups in total. The minimum absolute atomic E-state index is 0.141. The van der Waals surface area contributed by atoms with Gasteiger partial charge in [-0.1, -0.05) is 49.4 Å². The molecule has 36 heavy (non-hydrogen) atoms. The van der Waals surface area contributed by atoms with Gasteiger partial charge in [-0.2, -0.15) is 0 Å². The molecule has 1 unspecified atom stereocenters. The van der Waals surface area contributed by atoms with Crippen LogP contribution >= 0.6 is 0 Å². The number of urea groups is 1. The first kappa shape index (κ1) is 26.5. The first-order chi connectivity index (χ1) is 17.4. The van der Waals surface area contributed by atoms with Gasteiger partial charge >= 0.3 is 12.0 Å². The number of ether oxygens (including phenoxy) is 1. The van der Waals surface area contributed by atoms with Crippen LogP contribution in [-0.2, 0) is 16.0 Å². The highest BCUT2D eigenvalue weighted by molar-refractivity contribution is 5.94. The Hall–Kier alpha value is -4.13. The summed E-state index contributed by atoms with van der Waals surface area (Å²) in [6.45, 7) is 6.27. The maximum atomic E-state index is 13.3. The monoisotopic (exact) mass is 487 g/mol. The molecule has 3 rings (SSSR count). The minimum Gasteiger partial charge on any atom is -0.462 e. The molecule has 3 aromatic carbocycles. The zero-order chi connectivity index (χ0) is 25.9. The fraction of sp³-hybridized carbons (Fsp3) is 0.276. The Bertz CT molecular complexity index is 1150. The summed E-state index contributed by atoms with van der Waals surface area (Å²) in [6.07, 6.45) is 1.07. The summed E-state index contributed by atoms with van der Waals surface area (Å²) >= 11 is 0. The van der Waals surface area contributed by atoms with E-state index in [0.29, 0.717) is 17.9 Å². The molecule has 0 aliphatic carbocycles. The van der Waals surface area contributed by atoms with Crippen LogP contribution in [0.25, 0.3) is 0 Å². The number of benzene rings is 3. The Morgan fingerprint density at radius 2 is 1.44 bits per heavy atom. The van der Waals surface area contributed by atoms with E-state index in [0.717, 1.165) is 17.7 Å². The average molecular weight is 488 g/mol. The summed E-state index contributed by atoms with van der Waals surface area (Å²) < 4.78 is 5.00. The third-order valence-electron chi connectivity index (χ3n) is 5.88. The Morgan fingerprint density at radius 1 is 0.833 bits per heavy atom. The fourth-order valence-electron chi connectivity index (χ4n) is 3.75. The fourth-order valence-corrected chi connectivity index (χ4v) is 3.75. The average Bonchev–Trinajstić information content (AvgIpc) is 2.90. The number of nitrogens with zero attached hydrogens (tertiary/aromatic N) is 1. The van der Waals surface area contributed by atoms with Crippen molar-refractivity contribution < 1.29 is 19.1 Å². The van der Waals surface area contributed by atoms with Gasteiger partial charge < -0.3 is 20.3 Å². The van der Waals surface area contributed by atoms with E-state index >= 15 is 0 Å². The van der Waals surface area contributed by atoms with E-state index in [4.69, 9.17) is 4.74 Å². The van der Waals surface area contributed by atoms with Crippen molar-refractivity contribution in [1.82, 2.24) is 4.90 Å². The normalized spacial score (nSPS) is 11.3. The van der Waals surface area contributed by atoms with E-state index in [1.807, 2.05) is 61.5 Å². The summed E-state index contributed by atoms with van der Waals surface area (Å²) in [5.74, 6) is -0.582. The van der Waals surface area contributed by atoms with Gasteiger partial charge in [0.1, 0.15) is 0 Å². The van der Waals surface area contributed by atoms with Gasteiger partial charge in [-0.3, -0.25) is 4.79 Å². The van der Waals surface area contributed by atoms with E-state index < -0.39 is 5.97 Å². The molecular weight excluding hydrogens is 454 g/mol. The lowest BCUT2D eigenvalue weighted by Gasteiger charge is -2.29. The van der Waals surface area contributed by atoms with Crippen molar-refractivity contribution in [3.05, 3.63) is 95.6 Å². The number of hydrogen-bond donors (Lipinski definition) is 2. The second-order valence-corrected chi connectivity index (χ2v) is 8.36. The molecule has 0 saturated heterocycles. The van der Waals surface area contributed by atoms with Crippen LogP contribution in [0.1, 0.15) is 54.7 Å². The van der Waals surface area contributed by atoms with E-state index in [1.165, 1.54) is 5.56 Å². The molecule has 0 bridgehead atoms. The molecule has 0 saturated carbocycles. The van der Waals surface area contributed by atoms with E-state index in [9.17, 15) is 14.4 Å². The summed E-state index contributed by atoms with van der Waals surface area (Å²) in [6, 6.07) is 23.3. The van der Waals surface area contributed by atoms with E-state index in [2.05, 4.69) is 17.6 Å². The van der Waals surface area contributed by atoms with Crippen LogP contribution < -0.4 is 10.6 Å². The molecule has 0 aromatic heterocycles. The molecule has 188 valence electrons. The number of rotatable bonds is 10. The molecule has 0 aliphatic rings. The Labute approximate surface area is 212 Å². The van der Waals surface area contributed by atoms with Crippen LogP contribution in [0.5, 0.6) is 0 Å². The second-order valence-electron chi connectivity index (χ2n) is 8.36. The van der Waals surface area contributed by atoms with Crippen LogP contribution in [0.2, 0.25) is 0 Å². The molecule has 7 heteroatoms. The summed E-state index contributed by atoms with van der Waals surface area (Å²) in [4.78, 5) is 39.5. The molecule has 1 atom stereocenters. The van der Waals surface area contributed by atoms with Gasteiger partial charge in [-0.05, 0) is 67.8 Å². The number of carbonyl (C=O) groups is 3. The number of esters is 1. The Kier molecular flexibility index (Phi) is 9.63. The molecule has 3 amide bonds. The molecule has 0 radical (unpaired) electrons. The van der Waals surface area contributed by atoms with Crippen molar-refractivity contribution in [3.63, 3.8) is 0 Å². The Morgan fingerprint density at radius 3 is 2.06 bits per heavy atom. The second kappa shape index (κ2) is 13.1. The third-order valence-corrected chi connectivity index (χ3v) is 5.88. The molecular formula is C29H33N3O4. The zero-order valence-electron chi connectivity index (χ0n) is 21.0. The van der Waals surface area contributed by atoms with Crippen LogP contribution in [-0.4, -0.2) is 36.0 Å². The number of aryl methyl sites for hydroxylation is 1. The van der Waals surface area contributed by atoms with Gasteiger partial charge in [0, 0.05) is 24.3 Å². The number of amides is 3. The van der Waals surface area contributed by atoms with Crippen molar-refractivity contribution in [1.29, 1.82) is 0 Å². The van der Waals surface area contributed by atoms with Gasteiger partial charge in [0.25, 0.3) is 0 Å². The highest BCUT2D eigenvalue weighted by Gasteiger charge is 2.23.